The fraction of sp³-hybridized carbons (Fsp3) is 0.267. The minimum Gasteiger partial charge on any atom is -0.322 e. The lowest BCUT2D eigenvalue weighted by Gasteiger charge is -2.12. The molecule has 2 aromatic rings. The van der Waals surface area contributed by atoms with Gasteiger partial charge in [-0.3, -0.25) is 4.98 Å². The van der Waals surface area contributed by atoms with Gasteiger partial charge in [-0.2, -0.15) is 0 Å². The van der Waals surface area contributed by atoms with E-state index in [-0.39, 0.29) is 11.9 Å². The highest BCUT2D eigenvalue weighted by Gasteiger charge is 2.09. The van der Waals surface area contributed by atoms with Gasteiger partial charge in [0.25, 0.3) is 0 Å². The molecule has 94 valence electrons. The van der Waals surface area contributed by atoms with E-state index in [9.17, 15) is 4.39 Å². The number of benzene rings is 1. The van der Waals surface area contributed by atoms with E-state index in [1.54, 1.807) is 6.07 Å². The minimum atomic E-state index is -0.336. The molecule has 1 heterocycles. The van der Waals surface area contributed by atoms with E-state index in [2.05, 4.69) is 37.0 Å². The molecule has 0 radical (unpaired) electrons. The standard InChI is InChI=1S/C15H17FN2/c1-10-5-11(2)7-12(6-10)8-14(17)15-4-3-13(16)9-18-15/h3-7,9,14H,8,17H2,1-2H3. The van der Waals surface area contributed by atoms with Crippen LogP contribution in [-0.2, 0) is 6.42 Å². The van der Waals surface area contributed by atoms with Crippen LogP contribution in [0.1, 0.15) is 28.4 Å². The van der Waals surface area contributed by atoms with Gasteiger partial charge in [-0.15, -0.1) is 0 Å². The van der Waals surface area contributed by atoms with Crippen molar-refractivity contribution >= 4 is 0 Å². The molecular formula is C15H17FN2. The van der Waals surface area contributed by atoms with Crippen LogP contribution >= 0.6 is 0 Å². The Balaban J connectivity index is 2.15. The van der Waals surface area contributed by atoms with Gasteiger partial charge in [0.2, 0.25) is 0 Å². The summed E-state index contributed by atoms with van der Waals surface area (Å²) in [6.07, 6.45) is 1.91. The van der Waals surface area contributed by atoms with Crippen LogP contribution in [0.4, 0.5) is 4.39 Å². The van der Waals surface area contributed by atoms with Crippen molar-refractivity contribution in [3.05, 3.63) is 64.7 Å². The fourth-order valence-corrected chi connectivity index (χ4v) is 2.15. The number of pyridine rings is 1. The SMILES string of the molecule is Cc1cc(C)cc(CC(N)c2ccc(F)cn2)c1. The molecule has 2 rings (SSSR count). The van der Waals surface area contributed by atoms with E-state index in [0.717, 1.165) is 5.69 Å². The summed E-state index contributed by atoms with van der Waals surface area (Å²) in [4.78, 5) is 4.02. The summed E-state index contributed by atoms with van der Waals surface area (Å²) < 4.78 is 12.8. The third-order valence-corrected chi connectivity index (χ3v) is 2.87. The quantitative estimate of drug-likeness (QED) is 0.901. The molecule has 0 aliphatic heterocycles. The summed E-state index contributed by atoms with van der Waals surface area (Å²) in [6, 6.07) is 9.20. The third kappa shape index (κ3) is 3.14. The highest BCUT2D eigenvalue weighted by Crippen LogP contribution is 2.17. The summed E-state index contributed by atoms with van der Waals surface area (Å²) in [5.74, 6) is -0.336. The maximum Gasteiger partial charge on any atom is 0.141 e. The average molecular weight is 244 g/mol. The van der Waals surface area contributed by atoms with Gasteiger partial charge in [0.1, 0.15) is 5.82 Å². The zero-order valence-corrected chi connectivity index (χ0v) is 10.7. The van der Waals surface area contributed by atoms with Gasteiger partial charge in [-0.25, -0.2) is 4.39 Å². The van der Waals surface area contributed by atoms with Crippen LogP contribution in [0.5, 0.6) is 0 Å². The lowest BCUT2D eigenvalue weighted by molar-refractivity contribution is 0.612. The summed E-state index contributed by atoms with van der Waals surface area (Å²) in [5.41, 5.74) is 10.4. The molecule has 0 saturated carbocycles. The predicted molar refractivity (Wildman–Crippen MR) is 70.7 cm³/mol. The molecule has 1 aromatic heterocycles. The summed E-state index contributed by atoms with van der Waals surface area (Å²) in [7, 11) is 0. The second-order valence-electron chi connectivity index (χ2n) is 4.71. The summed E-state index contributed by atoms with van der Waals surface area (Å²) in [5, 5.41) is 0. The Kier molecular flexibility index (Phi) is 3.72. The Labute approximate surface area is 107 Å². The van der Waals surface area contributed by atoms with E-state index in [1.807, 2.05) is 0 Å². The number of aryl methyl sites for hydroxylation is 2. The number of nitrogens with two attached hydrogens (primary N) is 1. The smallest absolute Gasteiger partial charge is 0.141 e. The lowest BCUT2D eigenvalue weighted by atomic mass is 10.00. The van der Waals surface area contributed by atoms with Gasteiger partial charge >= 0.3 is 0 Å². The molecule has 0 saturated heterocycles. The van der Waals surface area contributed by atoms with Crippen LogP contribution in [-0.4, -0.2) is 4.98 Å². The molecule has 0 fully saturated rings. The maximum atomic E-state index is 12.8. The Bertz CT molecular complexity index is 514. The van der Waals surface area contributed by atoms with Gasteiger partial charge in [0, 0.05) is 0 Å². The van der Waals surface area contributed by atoms with Crippen molar-refractivity contribution in [3.63, 3.8) is 0 Å². The monoisotopic (exact) mass is 244 g/mol. The molecule has 0 spiro atoms. The summed E-state index contributed by atoms with van der Waals surface area (Å²) >= 11 is 0. The lowest BCUT2D eigenvalue weighted by Crippen LogP contribution is -2.15. The minimum absolute atomic E-state index is 0.202. The number of rotatable bonds is 3. The fourth-order valence-electron chi connectivity index (χ4n) is 2.15. The van der Waals surface area contributed by atoms with Crippen molar-refractivity contribution in [2.24, 2.45) is 5.73 Å². The Morgan fingerprint density at radius 2 is 1.83 bits per heavy atom. The van der Waals surface area contributed by atoms with E-state index >= 15 is 0 Å². The second kappa shape index (κ2) is 5.27. The van der Waals surface area contributed by atoms with Crippen molar-refractivity contribution in [3.8, 4) is 0 Å². The Hall–Kier alpha value is -1.74. The van der Waals surface area contributed by atoms with Crippen molar-refractivity contribution < 1.29 is 4.39 Å². The number of aromatic nitrogens is 1. The first-order valence-corrected chi connectivity index (χ1v) is 5.99. The average Bonchev–Trinajstić information content (AvgIpc) is 2.28. The zero-order valence-electron chi connectivity index (χ0n) is 10.7. The van der Waals surface area contributed by atoms with Crippen molar-refractivity contribution in [2.45, 2.75) is 26.3 Å². The number of nitrogens with zero attached hydrogens (tertiary/aromatic N) is 1. The number of hydrogen-bond donors (Lipinski definition) is 1. The largest absolute Gasteiger partial charge is 0.322 e. The Morgan fingerprint density at radius 1 is 1.17 bits per heavy atom. The van der Waals surface area contributed by atoms with Crippen molar-refractivity contribution in [1.82, 2.24) is 4.98 Å². The third-order valence-electron chi connectivity index (χ3n) is 2.87. The van der Waals surface area contributed by atoms with Gasteiger partial charge in [0.15, 0.2) is 0 Å². The predicted octanol–water partition coefficient (Wildman–Crippen LogP) is 3.08. The summed E-state index contributed by atoms with van der Waals surface area (Å²) in [6.45, 7) is 4.14. The molecule has 1 aromatic carbocycles. The molecule has 0 bridgehead atoms. The van der Waals surface area contributed by atoms with Crippen LogP contribution in [0.3, 0.4) is 0 Å². The highest BCUT2D eigenvalue weighted by molar-refractivity contribution is 5.29. The highest BCUT2D eigenvalue weighted by atomic mass is 19.1. The van der Waals surface area contributed by atoms with E-state index in [4.69, 9.17) is 5.73 Å². The van der Waals surface area contributed by atoms with E-state index in [1.165, 1.54) is 29.0 Å². The van der Waals surface area contributed by atoms with Gasteiger partial charge in [-0.1, -0.05) is 29.3 Å². The van der Waals surface area contributed by atoms with E-state index < -0.39 is 0 Å². The number of halogens is 1. The zero-order chi connectivity index (χ0) is 13.1. The van der Waals surface area contributed by atoms with Crippen LogP contribution in [0.25, 0.3) is 0 Å². The molecule has 1 atom stereocenters. The van der Waals surface area contributed by atoms with Crippen LogP contribution < -0.4 is 5.73 Å². The molecule has 2 N–H and O–H groups in total. The maximum absolute atomic E-state index is 12.8. The first-order chi connectivity index (χ1) is 8.54. The Morgan fingerprint density at radius 3 is 2.39 bits per heavy atom. The van der Waals surface area contributed by atoms with E-state index in [0.29, 0.717) is 6.42 Å². The van der Waals surface area contributed by atoms with Gasteiger partial charge in [-0.05, 0) is 38.0 Å². The molecule has 0 aliphatic carbocycles. The van der Waals surface area contributed by atoms with Crippen LogP contribution in [0, 0.1) is 19.7 Å². The number of hydrogen-bond acceptors (Lipinski definition) is 2. The van der Waals surface area contributed by atoms with Crippen LogP contribution in [0.2, 0.25) is 0 Å². The van der Waals surface area contributed by atoms with Crippen molar-refractivity contribution in [2.75, 3.05) is 0 Å². The molecule has 1 unspecified atom stereocenters. The van der Waals surface area contributed by atoms with Crippen LogP contribution in [0.15, 0.2) is 36.5 Å². The second-order valence-corrected chi connectivity index (χ2v) is 4.71. The normalized spacial score (nSPS) is 12.4. The van der Waals surface area contributed by atoms with Gasteiger partial charge in [0.05, 0.1) is 17.9 Å². The topological polar surface area (TPSA) is 38.9 Å². The molecule has 3 heteroatoms. The first kappa shape index (κ1) is 12.7. The molecule has 0 aliphatic rings. The molecular weight excluding hydrogens is 227 g/mol. The van der Waals surface area contributed by atoms with Crippen molar-refractivity contribution in [1.29, 1.82) is 0 Å². The molecule has 2 nitrogen and oxygen atoms in total. The van der Waals surface area contributed by atoms with Gasteiger partial charge < -0.3 is 5.73 Å². The molecule has 18 heavy (non-hydrogen) atoms. The molecule has 0 amide bonds. The first-order valence-electron chi connectivity index (χ1n) is 5.99.